The third kappa shape index (κ3) is 3.35. The van der Waals surface area contributed by atoms with Gasteiger partial charge in [-0.25, -0.2) is 0 Å². The summed E-state index contributed by atoms with van der Waals surface area (Å²) in [6.07, 6.45) is 5.79. The van der Waals surface area contributed by atoms with E-state index in [0.29, 0.717) is 12.1 Å². The Morgan fingerprint density at radius 3 is 2.65 bits per heavy atom. The van der Waals surface area contributed by atoms with Crippen LogP contribution in [0.15, 0.2) is 0 Å². The monoisotopic (exact) mass is 296 g/mol. The van der Waals surface area contributed by atoms with Crippen LogP contribution in [-0.2, 0) is 6.42 Å². The van der Waals surface area contributed by atoms with E-state index < -0.39 is 0 Å². The molecule has 0 radical (unpaired) electrons. The number of hydrogen-bond donors (Lipinski definition) is 1. The van der Waals surface area contributed by atoms with Crippen LogP contribution in [0.1, 0.15) is 61.3 Å². The number of carbonyl (C=O) groups is 1. The molecular formula is C14H24N4OS. The number of nitrogens with two attached hydrogens (primary N) is 1. The highest BCUT2D eigenvalue weighted by Gasteiger charge is 2.30. The van der Waals surface area contributed by atoms with Crippen LogP contribution in [0.2, 0.25) is 0 Å². The van der Waals surface area contributed by atoms with Crippen LogP contribution >= 0.6 is 11.5 Å². The number of nitrogens with zero attached hydrogens (tertiary/aromatic N) is 3. The highest BCUT2D eigenvalue weighted by molar-refractivity contribution is 7.08. The van der Waals surface area contributed by atoms with Gasteiger partial charge in [0, 0.05) is 18.6 Å². The topological polar surface area (TPSA) is 72.1 Å². The predicted molar refractivity (Wildman–Crippen MR) is 80.8 cm³/mol. The van der Waals surface area contributed by atoms with Gasteiger partial charge in [0.2, 0.25) is 0 Å². The van der Waals surface area contributed by atoms with Crippen molar-refractivity contribution >= 4 is 17.4 Å². The maximum absolute atomic E-state index is 12.8. The first-order chi connectivity index (χ1) is 9.67. The fraction of sp³-hybridized carbons (Fsp3) is 0.786. The van der Waals surface area contributed by atoms with Gasteiger partial charge in [-0.15, -0.1) is 5.10 Å². The largest absolute Gasteiger partial charge is 0.335 e. The summed E-state index contributed by atoms with van der Waals surface area (Å²) >= 11 is 1.22. The van der Waals surface area contributed by atoms with Gasteiger partial charge >= 0.3 is 0 Å². The molecule has 0 saturated heterocycles. The molecule has 1 aromatic rings. The molecule has 0 spiro atoms. The molecule has 112 valence electrons. The molecule has 0 unspecified atom stereocenters. The van der Waals surface area contributed by atoms with Crippen molar-refractivity contribution < 1.29 is 4.79 Å². The molecule has 1 aromatic heterocycles. The van der Waals surface area contributed by atoms with Gasteiger partial charge in [-0.3, -0.25) is 4.79 Å². The van der Waals surface area contributed by atoms with Crippen molar-refractivity contribution in [3.8, 4) is 0 Å². The summed E-state index contributed by atoms with van der Waals surface area (Å²) in [5.41, 5.74) is 6.79. The highest BCUT2D eigenvalue weighted by Crippen LogP contribution is 2.25. The second kappa shape index (κ2) is 7.13. The Balaban J connectivity index is 2.13. The number of aryl methyl sites for hydroxylation is 1. The summed E-state index contributed by atoms with van der Waals surface area (Å²) in [6.45, 7) is 4.93. The Kier molecular flexibility index (Phi) is 5.48. The lowest BCUT2D eigenvalue weighted by Crippen LogP contribution is -2.44. The van der Waals surface area contributed by atoms with Gasteiger partial charge in [0.1, 0.15) is 4.88 Å². The number of hydrogen-bond acceptors (Lipinski definition) is 5. The minimum atomic E-state index is 0.110. The van der Waals surface area contributed by atoms with Gasteiger partial charge in [0.25, 0.3) is 5.91 Å². The standard InChI is InChI=1S/C14H24N4OS/c1-3-9-18(11-7-5-10(15)6-8-11)14(19)13-12(4-2)16-17-20-13/h10-11H,3-9,15H2,1-2H3. The molecule has 0 aliphatic heterocycles. The Bertz CT molecular complexity index is 440. The van der Waals surface area contributed by atoms with Crippen LogP contribution in [0, 0.1) is 0 Å². The Morgan fingerprint density at radius 1 is 1.35 bits per heavy atom. The van der Waals surface area contributed by atoms with E-state index in [0.717, 1.165) is 55.6 Å². The Hall–Kier alpha value is -1.01. The van der Waals surface area contributed by atoms with Crippen molar-refractivity contribution in [2.75, 3.05) is 6.54 Å². The SMILES string of the molecule is CCCN(C(=O)c1snnc1CC)C1CCC(N)CC1. The summed E-state index contributed by atoms with van der Waals surface area (Å²) in [6, 6.07) is 0.634. The van der Waals surface area contributed by atoms with Gasteiger partial charge in [0.05, 0.1) is 5.69 Å². The Morgan fingerprint density at radius 2 is 2.05 bits per heavy atom. The van der Waals surface area contributed by atoms with Crippen molar-refractivity contribution in [1.29, 1.82) is 0 Å². The average Bonchev–Trinajstić information content (AvgIpc) is 2.93. The molecule has 20 heavy (non-hydrogen) atoms. The smallest absolute Gasteiger partial charge is 0.267 e. The fourth-order valence-corrected chi connectivity index (χ4v) is 3.54. The van der Waals surface area contributed by atoms with Crippen LogP contribution in [0.5, 0.6) is 0 Å². The second-order valence-electron chi connectivity index (χ2n) is 5.47. The van der Waals surface area contributed by atoms with E-state index in [-0.39, 0.29) is 5.91 Å². The first kappa shape index (κ1) is 15.4. The predicted octanol–water partition coefficient (Wildman–Crippen LogP) is 2.22. The molecule has 0 atom stereocenters. The number of amides is 1. The first-order valence-electron chi connectivity index (χ1n) is 7.55. The van der Waals surface area contributed by atoms with Gasteiger partial charge in [-0.05, 0) is 50.1 Å². The van der Waals surface area contributed by atoms with Crippen LogP contribution in [0.4, 0.5) is 0 Å². The van der Waals surface area contributed by atoms with E-state index in [1.807, 2.05) is 11.8 Å². The molecule has 2 N–H and O–H groups in total. The minimum absolute atomic E-state index is 0.110. The van der Waals surface area contributed by atoms with Crippen LogP contribution < -0.4 is 5.73 Å². The maximum atomic E-state index is 12.8. The normalized spacial score (nSPS) is 22.8. The molecule has 1 aliphatic carbocycles. The molecule has 1 heterocycles. The summed E-state index contributed by atoms with van der Waals surface area (Å²) in [5.74, 6) is 0.110. The molecular weight excluding hydrogens is 272 g/mol. The minimum Gasteiger partial charge on any atom is -0.335 e. The summed E-state index contributed by atoms with van der Waals surface area (Å²) in [5, 5.41) is 4.06. The van der Waals surface area contributed by atoms with Crippen molar-refractivity contribution in [3.05, 3.63) is 10.6 Å². The molecule has 0 bridgehead atoms. The van der Waals surface area contributed by atoms with Crippen molar-refractivity contribution in [1.82, 2.24) is 14.5 Å². The van der Waals surface area contributed by atoms with E-state index in [1.165, 1.54) is 11.5 Å². The van der Waals surface area contributed by atoms with Crippen LogP contribution in [0.25, 0.3) is 0 Å². The van der Waals surface area contributed by atoms with Crippen molar-refractivity contribution in [3.63, 3.8) is 0 Å². The number of rotatable bonds is 5. The zero-order valence-electron chi connectivity index (χ0n) is 12.3. The number of carbonyl (C=O) groups excluding carboxylic acids is 1. The molecule has 0 aromatic carbocycles. The third-order valence-electron chi connectivity index (χ3n) is 3.99. The molecule has 5 nitrogen and oxygen atoms in total. The third-order valence-corrected chi connectivity index (χ3v) is 4.75. The maximum Gasteiger partial charge on any atom is 0.267 e. The highest BCUT2D eigenvalue weighted by atomic mass is 32.1. The molecule has 2 rings (SSSR count). The molecule has 6 heteroatoms. The van der Waals surface area contributed by atoms with Crippen LogP contribution in [-0.4, -0.2) is 39.0 Å². The first-order valence-corrected chi connectivity index (χ1v) is 8.32. The van der Waals surface area contributed by atoms with Crippen LogP contribution in [0.3, 0.4) is 0 Å². The summed E-state index contributed by atoms with van der Waals surface area (Å²) < 4.78 is 3.94. The summed E-state index contributed by atoms with van der Waals surface area (Å²) in [4.78, 5) is 15.5. The lowest BCUT2D eigenvalue weighted by atomic mass is 9.90. The second-order valence-corrected chi connectivity index (χ2v) is 6.22. The van der Waals surface area contributed by atoms with E-state index in [4.69, 9.17) is 5.73 Å². The molecule has 1 amide bonds. The quantitative estimate of drug-likeness (QED) is 0.904. The lowest BCUT2D eigenvalue weighted by molar-refractivity contribution is 0.0630. The molecule has 1 saturated carbocycles. The van der Waals surface area contributed by atoms with E-state index in [2.05, 4.69) is 16.5 Å². The zero-order chi connectivity index (χ0) is 14.5. The van der Waals surface area contributed by atoms with Gasteiger partial charge in [-0.1, -0.05) is 18.3 Å². The fourth-order valence-electron chi connectivity index (χ4n) is 2.84. The Labute approximate surface area is 124 Å². The number of aromatic nitrogens is 2. The zero-order valence-corrected chi connectivity index (χ0v) is 13.2. The molecule has 1 fully saturated rings. The van der Waals surface area contributed by atoms with E-state index >= 15 is 0 Å². The molecule has 1 aliphatic rings. The lowest BCUT2D eigenvalue weighted by Gasteiger charge is -2.35. The van der Waals surface area contributed by atoms with Gasteiger partial charge < -0.3 is 10.6 Å². The van der Waals surface area contributed by atoms with Gasteiger partial charge in [-0.2, -0.15) is 0 Å². The van der Waals surface area contributed by atoms with Gasteiger partial charge in [0.15, 0.2) is 0 Å². The summed E-state index contributed by atoms with van der Waals surface area (Å²) in [7, 11) is 0. The van der Waals surface area contributed by atoms with Crippen molar-refractivity contribution in [2.24, 2.45) is 5.73 Å². The van der Waals surface area contributed by atoms with E-state index in [9.17, 15) is 4.79 Å². The van der Waals surface area contributed by atoms with E-state index in [1.54, 1.807) is 0 Å². The van der Waals surface area contributed by atoms with Crippen molar-refractivity contribution in [2.45, 2.75) is 64.5 Å². The average molecular weight is 296 g/mol.